The van der Waals surface area contributed by atoms with Gasteiger partial charge in [-0.15, -0.1) is 0 Å². The van der Waals surface area contributed by atoms with Gasteiger partial charge >= 0.3 is 6.18 Å². The van der Waals surface area contributed by atoms with Crippen molar-refractivity contribution < 1.29 is 21.6 Å². The molecule has 0 radical (unpaired) electrons. The number of halogens is 3. The van der Waals surface area contributed by atoms with Crippen LogP contribution in [0.1, 0.15) is 18.9 Å². The Morgan fingerprint density at radius 3 is 2.69 bits per heavy atom. The van der Waals surface area contributed by atoms with Crippen LogP contribution in [-0.4, -0.2) is 32.5 Å². The van der Waals surface area contributed by atoms with E-state index in [9.17, 15) is 21.6 Å². The molecular weight excluding hydrogens is 369 g/mol. The number of hydrogen-bond acceptors (Lipinski definition) is 5. The molecule has 10 heteroatoms. The summed E-state index contributed by atoms with van der Waals surface area (Å²) in [5, 5.41) is 0.429. The van der Waals surface area contributed by atoms with Crippen LogP contribution in [0, 0.1) is 5.92 Å². The molecule has 1 aliphatic heterocycles. The molecule has 2 N–H and O–H groups in total. The number of benzene rings is 1. The number of rotatable bonds is 4. The summed E-state index contributed by atoms with van der Waals surface area (Å²) in [4.78, 5) is 8.10. The first kappa shape index (κ1) is 18.9. The van der Waals surface area contributed by atoms with Gasteiger partial charge in [0, 0.05) is 36.4 Å². The van der Waals surface area contributed by atoms with Crippen molar-refractivity contribution in [2.75, 3.05) is 18.0 Å². The first-order valence-corrected chi connectivity index (χ1v) is 9.29. The fraction of sp³-hybridized carbons (Fsp3) is 0.438. The minimum absolute atomic E-state index is 0.0824. The average molecular weight is 388 g/mol. The molecule has 0 amide bonds. The standard InChI is InChI=1S/C16H19F3N4O2S/c1-10-7-11(21-22-26(24)25)9-23(8-10)14-5-4-13(16(17,18)19)15-12(14)3-2-6-20-15/h2-6,10-11,21,26H,7-9H2,1H3,(H,22,24,25)/t10-,11+/m0/s1. The lowest BCUT2D eigenvalue weighted by molar-refractivity contribution is -0.136. The monoisotopic (exact) mass is 388 g/mol. The molecule has 1 aromatic carbocycles. The third-order valence-corrected chi connectivity index (χ3v) is 4.72. The van der Waals surface area contributed by atoms with Crippen molar-refractivity contribution in [3.8, 4) is 0 Å². The third kappa shape index (κ3) is 4.08. The van der Waals surface area contributed by atoms with Gasteiger partial charge in [0.15, 0.2) is 0 Å². The van der Waals surface area contributed by atoms with E-state index >= 15 is 0 Å². The predicted molar refractivity (Wildman–Crippen MR) is 93.1 cm³/mol. The van der Waals surface area contributed by atoms with E-state index in [2.05, 4.69) is 15.2 Å². The molecule has 0 spiro atoms. The minimum Gasteiger partial charge on any atom is -0.369 e. The van der Waals surface area contributed by atoms with Crippen LogP contribution in [0.4, 0.5) is 18.9 Å². The average Bonchev–Trinajstić information content (AvgIpc) is 2.57. The van der Waals surface area contributed by atoms with Crippen LogP contribution in [0.3, 0.4) is 0 Å². The highest BCUT2D eigenvalue weighted by molar-refractivity contribution is 7.70. The minimum atomic E-state index is -4.48. The van der Waals surface area contributed by atoms with Gasteiger partial charge in [-0.2, -0.15) is 18.0 Å². The van der Waals surface area contributed by atoms with E-state index in [4.69, 9.17) is 0 Å². The summed E-state index contributed by atoms with van der Waals surface area (Å²) in [6.07, 6.45) is -2.38. The van der Waals surface area contributed by atoms with Gasteiger partial charge in [0.1, 0.15) is 0 Å². The molecule has 0 bridgehead atoms. The number of pyridine rings is 1. The van der Waals surface area contributed by atoms with Crippen LogP contribution >= 0.6 is 0 Å². The highest BCUT2D eigenvalue weighted by Crippen LogP contribution is 2.38. The lowest BCUT2D eigenvalue weighted by atomic mass is 9.95. The number of hydrazine groups is 1. The summed E-state index contributed by atoms with van der Waals surface area (Å²) in [5.41, 5.74) is 2.56. The normalized spacial score (nSPS) is 21.5. The molecule has 2 aromatic rings. The SMILES string of the molecule is C[C@H]1C[C@@H](NN[SH](=O)=O)CN(c2ccc(C(F)(F)F)c3ncccc23)C1. The van der Waals surface area contributed by atoms with Crippen molar-refractivity contribution in [3.63, 3.8) is 0 Å². The maximum atomic E-state index is 13.3. The summed E-state index contributed by atoms with van der Waals surface area (Å²) in [6.45, 7) is 3.15. The third-order valence-electron chi connectivity index (χ3n) is 4.41. The van der Waals surface area contributed by atoms with Gasteiger partial charge in [0.2, 0.25) is 10.9 Å². The summed E-state index contributed by atoms with van der Waals surface area (Å²) in [7, 11) is -2.77. The van der Waals surface area contributed by atoms with Gasteiger partial charge in [0.25, 0.3) is 0 Å². The summed E-state index contributed by atoms with van der Waals surface area (Å²) < 4.78 is 61.2. The smallest absolute Gasteiger partial charge is 0.369 e. The van der Waals surface area contributed by atoms with Gasteiger partial charge in [-0.05, 0) is 36.6 Å². The van der Waals surface area contributed by atoms with Crippen molar-refractivity contribution in [2.45, 2.75) is 25.6 Å². The van der Waals surface area contributed by atoms with E-state index in [1.54, 1.807) is 12.1 Å². The van der Waals surface area contributed by atoms with Crippen LogP contribution < -0.4 is 15.2 Å². The van der Waals surface area contributed by atoms with E-state index in [1.807, 2.05) is 11.8 Å². The van der Waals surface area contributed by atoms with Gasteiger partial charge in [0.05, 0.1) is 11.1 Å². The molecule has 26 heavy (non-hydrogen) atoms. The number of thiol groups is 1. The molecule has 1 saturated heterocycles. The van der Waals surface area contributed by atoms with E-state index < -0.39 is 22.6 Å². The Labute approximate surface area is 150 Å². The van der Waals surface area contributed by atoms with Crippen molar-refractivity contribution >= 4 is 27.5 Å². The zero-order valence-corrected chi connectivity index (χ0v) is 14.8. The number of fused-ring (bicyclic) bond motifs is 1. The van der Waals surface area contributed by atoms with Crippen LogP contribution in [0.25, 0.3) is 10.9 Å². The number of nitrogens with zero attached hydrogens (tertiary/aromatic N) is 2. The van der Waals surface area contributed by atoms with Gasteiger partial charge in [-0.25, -0.2) is 13.8 Å². The molecule has 142 valence electrons. The predicted octanol–water partition coefficient (Wildman–Crippen LogP) is 2.09. The number of anilines is 1. The molecule has 2 heterocycles. The topological polar surface area (TPSA) is 74.3 Å². The molecule has 0 unspecified atom stereocenters. The number of alkyl halides is 3. The van der Waals surface area contributed by atoms with E-state index in [1.165, 1.54) is 12.3 Å². The Balaban J connectivity index is 1.97. The molecule has 3 rings (SSSR count). The zero-order valence-electron chi connectivity index (χ0n) is 14.0. The largest absolute Gasteiger partial charge is 0.418 e. The molecular formula is C16H19F3N4O2S. The fourth-order valence-electron chi connectivity index (χ4n) is 3.46. The number of nitrogens with one attached hydrogen (secondary N) is 2. The lowest BCUT2D eigenvalue weighted by Gasteiger charge is -2.38. The zero-order chi connectivity index (χ0) is 18.9. The Morgan fingerprint density at radius 2 is 2.00 bits per heavy atom. The number of piperidine rings is 1. The summed E-state index contributed by atoms with van der Waals surface area (Å²) >= 11 is 0. The highest BCUT2D eigenvalue weighted by Gasteiger charge is 2.34. The molecule has 6 nitrogen and oxygen atoms in total. The van der Waals surface area contributed by atoms with E-state index in [-0.39, 0.29) is 17.5 Å². The second-order valence-corrected chi connectivity index (χ2v) is 7.22. The van der Waals surface area contributed by atoms with Crippen LogP contribution in [-0.2, 0) is 17.1 Å². The molecule has 1 aliphatic rings. The molecule has 2 atom stereocenters. The van der Waals surface area contributed by atoms with Crippen molar-refractivity contribution in [2.24, 2.45) is 5.92 Å². The fourth-order valence-corrected chi connectivity index (χ4v) is 3.75. The second kappa shape index (κ2) is 7.37. The first-order chi connectivity index (χ1) is 12.3. The quantitative estimate of drug-likeness (QED) is 0.553. The van der Waals surface area contributed by atoms with Crippen molar-refractivity contribution in [1.29, 1.82) is 0 Å². The maximum Gasteiger partial charge on any atom is 0.418 e. The van der Waals surface area contributed by atoms with Gasteiger partial charge < -0.3 is 4.90 Å². The lowest BCUT2D eigenvalue weighted by Crippen LogP contribution is -2.52. The van der Waals surface area contributed by atoms with E-state index in [0.29, 0.717) is 24.2 Å². The molecule has 0 aliphatic carbocycles. The number of hydrogen-bond donors (Lipinski definition) is 3. The van der Waals surface area contributed by atoms with Gasteiger partial charge in [-0.1, -0.05) is 6.92 Å². The van der Waals surface area contributed by atoms with Gasteiger partial charge in [-0.3, -0.25) is 4.98 Å². The Hall–Kier alpha value is -1.91. The molecule has 0 saturated carbocycles. The molecule has 1 aromatic heterocycles. The van der Waals surface area contributed by atoms with Crippen LogP contribution in [0.5, 0.6) is 0 Å². The van der Waals surface area contributed by atoms with Crippen LogP contribution in [0.2, 0.25) is 0 Å². The summed E-state index contributed by atoms with van der Waals surface area (Å²) in [6, 6.07) is 5.60. The highest BCUT2D eigenvalue weighted by atomic mass is 32.2. The Kier molecular flexibility index (Phi) is 5.35. The Morgan fingerprint density at radius 1 is 1.23 bits per heavy atom. The van der Waals surface area contributed by atoms with Crippen molar-refractivity contribution in [1.82, 2.24) is 15.2 Å². The second-order valence-electron chi connectivity index (χ2n) is 6.49. The van der Waals surface area contributed by atoms with E-state index in [0.717, 1.165) is 12.5 Å². The molecule has 1 fully saturated rings. The summed E-state index contributed by atoms with van der Waals surface area (Å²) in [5.74, 6) is 0.238. The Bertz CT molecular complexity index is 864. The van der Waals surface area contributed by atoms with Crippen molar-refractivity contribution in [3.05, 3.63) is 36.0 Å². The number of aromatic nitrogens is 1. The maximum absolute atomic E-state index is 13.3. The van der Waals surface area contributed by atoms with Crippen LogP contribution in [0.15, 0.2) is 30.5 Å². The first-order valence-electron chi connectivity index (χ1n) is 8.11.